The third-order valence-corrected chi connectivity index (χ3v) is 3.37. The van der Waals surface area contributed by atoms with Crippen LogP contribution < -0.4 is 5.32 Å². The lowest BCUT2D eigenvalue weighted by Crippen LogP contribution is -2.46. The van der Waals surface area contributed by atoms with Crippen molar-refractivity contribution in [3.8, 4) is 0 Å². The van der Waals surface area contributed by atoms with Gasteiger partial charge in [0.25, 0.3) is 0 Å². The molecular formula is C9H15NO7S. The van der Waals surface area contributed by atoms with Crippen molar-refractivity contribution in [2.75, 3.05) is 25.7 Å². The molecule has 1 N–H and O–H groups in total. The lowest BCUT2D eigenvalue weighted by Gasteiger charge is -2.15. The lowest BCUT2D eigenvalue weighted by atomic mass is 10.3. The van der Waals surface area contributed by atoms with E-state index in [1.165, 1.54) is 0 Å². The normalized spacial score (nSPS) is 12.4. The summed E-state index contributed by atoms with van der Waals surface area (Å²) in [7, 11) is -1.78. The van der Waals surface area contributed by atoms with Crippen molar-refractivity contribution in [2.24, 2.45) is 0 Å². The van der Waals surface area contributed by atoms with Crippen LogP contribution in [0.2, 0.25) is 0 Å². The molecule has 0 fully saturated rings. The number of esters is 2. The van der Waals surface area contributed by atoms with Gasteiger partial charge < -0.3 is 14.8 Å². The summed E-state index contributed by atoms with van der Waals surface area (Å²) >= 11 is 0. The first-order valence-electron chi connectivity index (χ1n) is 4.84. The summed E-state index contributed by atoms with van der Waals surface area (Å²) in [6, 6.07) is -1.35. The molecule has 104 valence electrons. The van der Waals surface area contributed by atoms with Gasteiger partial charge in [0.05, 0.1) is 20.0 Å². The molecule has 0 aliphatic carbocycles. The fraction of sp³-hybridized carbons (Fsp3) is 0.667. The van der Waals surface area contributed by atoms with E-state index in [0.29, 0.717) is 0 Å². The van der Waals surface area contributed by atoms with Crippen LogP contribution in [0, 0.1) is 0 Å². The lowest BCUT2D eigenvalue weighted by molar-refractivity contribution is -0.144. The summed E-state index contributed by atoms with van der Waals surface area (Å²) in [5.74, 6) is -4.02. The first-order chi connectivity index (χ1) is 8.21. The van der Waals surface area contributed by atoms with Crippen LogP contribution in [-0.2, 0) is 33.7 Å². The number of rotatable bonds is 6. The van der Waals surface area contributed by atoms with Gasteiger partial charge in [-0.3, -0.25) is 9.59 Å². The first kappa shape index (κ1) is 16.4. The quantitative estimate of drug-likeness (QED) is 0.574. The Labute approximate surface area is 105 Å². The molecule has 0 aromatic rings. The summed E-state index contributed by atoms with van der Waals surface area (Å²) in [5.41, 5.74) is 0. The van der Waals surface area contributed by atoms with Gasteiger partial charge in [-0.15, -0.1) is 0 Å². The molecule has 0 spiro atoms. The molecule has 0 aromatic carbocycles. The van der Waals surface area contributed by atoms with E-state index in [4.69, 9.17) is 0 Å². The second-order valence-corrected chi connectivity index (χ2v) is 5.52. The monoisotopic (exact) mass is 281 g/mol. The zero-order valence-electron chi connectivity index (χ0n) is 10.3. The van der Waals surface area contributed by atoms with Crippen molar-refractivity contribution in [1.29, 1.82) is 0 Å². The SMILES string of the molecule is COC(=O)CS(=O)(=O)CC(NC(C)=O)C(=O)OC. The number of nitrogens with one attached hydrogen (secondary N) is 1. The van der Waals surface area contributed by atoms with Crippen LogP contribution in [0.25, 0.3) is 0 Å². The van der Waals surface area contributed by atoms with Crippen molar-refractivity contribution < 1.29 is 32.3 Å². The highest BCUT2D eigenvalue weighted by Gasteiger charge is 2.28. The highest BCUT2D eigenvalue weighted by atomic mass is 32.2. The molecule has 1 unspecified atom stereocenters. The Bertz CT molecular complexity index is 428. The zero-order chi connectivity index (χ0) is 14.3. The third-order valence-electron chi connectivity index (χ3n) is 1.85. The van der Waals surface area contributed by atoms with Crippen molar-refractivity contribution in [2.45, 2.75) is 13.0 Å². The van der Waals surface area contributed by atoms with Crippen LogP contribution in [0.3, 0.4) is 0 Å². The predicted octanol–water partition coefficient (Wildman–Crippen LogP) is -1.75. The van der Waals surface area contributed by atoms with Crippen molar-refractivity contribution in [3.05, 3.63) is 0 Å². The van der Waals surface area contributed by atoms with Crippen LogP contribution >= 0.6 is 0 Å². The molecule has 0 saturated carbocycles. The van der Waals surface area contributed by atoms with Crippen LogP contribution in [0.4, 0.5) is 0 Å². The van der Waals surface area contributed by atoms with Crippen molar-refractivity contribution >= 4 is 27.7 Å². The largest absolute Gasteiger partial charge is 0.468 e. The van der Waals surface area contributed by atoms with E-state index in [1.807, 2.05) is 0 Å². The Morgan fingerprint density at radius 3 is 2.11 bits per heavy atom. The Morgan fingerprint density at radius 1 is 1.17 bits per heavy atom. The summed E-state index contributed by atoms with van der Waals surface area (Å²) in [6.45, 7) is 1.13. The smallest absolute Gasteiger partial charge is 0.329 e. The van der Waals surface area contributed by atoms with Gasteiger partial charge >= 0.3 is 11.9 Å². The van der Waals surface area contributed by atoms with Crippen molar-refractivity contribution in [3.63, 3.8) is 0 Å². The molecule has 1 amide bonds. The molecule has 0 bridgehead atoms. The Balaban J connectivity index is 4.81. The Hall–Kier alpha value is -1.64. The predicted molar refractivity (Wildman–Crippen MR) is 60.3 cm³/mol. The number of sulfone groups is 1. The second kappa shape index (κ2) is 6.94. The maximum atomic E-state index is 11.6. The molecular weight excluding hydrogens is 266 g/mol. The highest BCUT2D eigenvalue weighted by Crippen LogP contribution is 1.99. The number of carbonyl (C=O) groups excluding carboxylic acids is 3. The molecule has 0 aromatic heterocycles. The van der Waals surface area contributed by atoms with Gasteiger partial charge in [-0.05, 0) is 0 Å². The van der Waals surface area contributed by atoms with Gasteiger partial charge in [-0.1, -0.05) is 0 Å². The summed E-state index contributed by atoms with van der Waals surface area (Å²) < 4.78 is 31.7. The number of ether oxygens (including phenoxy) is 2. The van der Waals surface area contributed by atoms with E-state index in [-0.39, 0.29) is 0 Å². The minimum atomic E-state index is -3.88. The van der Waals surface area contributed by atoms with E-state index in [2.05, 4.69) is 14.8 Å². The summed E-state index contributed by atoms with van der Waals surface area (Å²) in [5, 5.41) is 2.13. The Morgan fingerprint density at radius 2 is 1.72 bits per heavy atom. The molecule has 0 saturated heterocycles. The molecule has 0 radical (unpaired) electrons. The van der Waals surface area contributed by atoms with E-state index < -0.39 is 45.2 Å². The number of amides is 1. The molecule has 1 atom stereocenters. The minimum absolute atomic E-state index is 0.585. The van der Waals surface area contributed by atoms with E-state index >= 15 is 0 Å². The van der Waals surface area contributed by atoms with Gasteiger partial charge in [-0.25, -0.2) is 13.2 Å². The second-order valence-electron chi connectivity index (χ2n) is 3.41. The van der Waals surface area contributed by atoms with Gasteiger partial charge in [0, 0.05) is 6.92 Å². The topological polar surface area (TPSA) is 116 Å². The molecule has 18 heavy (non-hydrogen) atoms. The molecule has 0 heterocycles. The fourth-order valence-electron chi connectivity index (χ4n) is 1.11. The molecule has 8 nitrogen and oxygen atoms in total. The molecule has 0 rings (SSSR count). The first-order valence-corrected chi connectivity index (χ1v) is 6.66. The van der Waals surface area contributed by atoms with Gasteiger partial charge in [0.2, 0.25) is 5.91 Å². The van der Waals surface area contributed by atoms with E-state index in [0.717, 1.165) is 21.1 Å². The Kier molecular flexibility index (Phi) is 6.31. The van der Waals surface area contributed by atoms with Crippen molar-refractivity contribution in [1.82, 2.24) is 5.32 Å². The maximum absolute atomic E-state index is 11.6. The van der Waals surface area contributed by atoms with E-state index in [1.54, 1.807) is 0 Å². The molecule has 0 aliphatic rings. The number of carbonyl (C=O) groups is 3. The fourth-order valence-corrected chi connectivity index (χ4v) is 2.43. The minimum Gasteiger partial charge on any atom is -0.468 e. The van der Waals surface area contributed by atoms with Crippen LogP contribution in [0.15, 0.2) is 0 Å². The molecule has 0 aliphatic heterocycles. The van der Waals surface area contributed by atoms with E-state index in [9.17, 15) is 22.8 Å². The van der Waals surface area contributed by atoms with Gasteiger partial charge in [-0.2, -0.15) is 0 Å². The average molecular weight is 281 g/mol. The highest BCUT2D eigenvalue weighted by molar-refractivity contribution is 7.92. The third kappa shape index (κ3) is 6.18. The summed E-state index contributed by atoms with van der Waals surface area (Å²) in [6.07, 6.45) is 0. The van der Waals surface area contributed by atoms with Gasteiger partial charge in [0.15, 0.2) is 9.84 Å². The van der Waals surface area contributed by atoms with Crippen LogP contribution in [0.1, 0.15) is 6.92 Å². The van der Waals surface area contributed by atoms with Gasteiger partial charge in [0.1, 0.15) is 11.8 Å². The number of hydrogen-bond donors (Lipinski definition) is 1. The zero-order valence-corrected chi connectivity index (χ0v) is 11.1. The van der Waals surface area contributed by atoms with Crippen LogP contribution in [-0.4, -0.2) is 58.0 Å². The standard InChI is InChI=1S/C9H15NO7S/c1-6(11)10-7(9(13)17-3)4-18(14,15)5-8(12)16-2/h7H,4-5H2,1-3H3,(H,10,11). The number of hydrogen-bond acceptors (Lipinski definition) is 7. The summed E-state index contributed by atoms with van der Waals surface area (Å²) in [4.78, 5) is 33.0. The maximum Gasteiger partial charge on any atom is 0.329 e. The average Bonchev–Trinajstić information content (AvgIpc) is 2.25. The molecule has 9 heteroatoms. The number of methoxy groups -OCH3 is 2. The van der Waals surface area contributed by atoms with Crippen LogP contribution in [0.5, 0.6) is 0 Å².